The summed E-state index contributed by atoms with van der Waals surface area (Å²) >= 11 is 0. The minimum atomic E-state index is -4.13. The molecule has 0 aliphatic carbocycles. The van der Waals surface area contributed by atoms with Crippen LogP contribution >= 0.6 is 0 Å². The molecule has 1 nitrogen and oxygen atoms in total. The summed E-state index contributed by atoms with van der Waals surface area (Å²) in [6, 6.07) is -1.33. The van der Waals surface area contributed by atoms with E-state index >= 15 is 0 Å². The highest BCUT2D eigenvalue weighted by molar-refractivity contribution is 4.80. The van der Waals surface area contributed by atoms with Crippen LogP contribution in [0, 0.1) is 11.3 Å². The molecule has 0 rings (SSSR count). The maximum atomic E-state index is 12.8. The molecule has 0 fully saturated rings. The van der Waals surface area contributed by atoms with E-state index in [0.717, 1.165) is 12.8 Å². The molecule has 0 aromatic heterocycles. The fourth-order valence-electron chi connectivity index (χ4n) is 2.13. The van der Waals surface area contributed by atoms with Gasteiger partial charge in [-0.05, 0) is 37.8 Å². The fraction of sp³-hybridized carbons (Fsp3) is 1.00. The molecule has 0 spiro atoms. The van der Waals surface area contributed by atoms with Crippen LogP contribution in [0.15, 0.2) is 0 Å². The molecule has 0 radical (unpaired) electrons. The van der Waals surface area contributed by atoms with Crippen LogP contribution in [0.1, 0.15) is 47.5 Å². The molecule has 104 valence electrons. The largest absolute Gasteiger partial charge is 0.404 e. The highest BCUT2D eigenvalue weighted by atomic mass is 19.4. The summed E-state index contributed by atoms with van der Waals surface area (Å²) in [6.07, 6.45) is -2.38. The van der Waals surface area contributed by atoms with Gasteiger partial charge in [0, 0.05) is 0 Å². The lowest BCUT2D eigenvalue weighted by molar-refractivity contribution is -0.191. The van der Waals surface area contributed by atoms with E-state index in [2.05, 4.69) is 20.8 Å². The van der Waals surface area contributed by atoms with Crippen molar-refractivity contribution < 1.29 is 13.2 Å². The van der Waals surface area contributed by atoms with Gasteiger partial charge in [-0.3, -0.25) is 4.90 Å². The summed E-state index contributed by atoms with van der Waals surface area (Å²) in [7, 11) is 1.57. The van der Waals surface area contributed by atoms with Crippen molar-refractivity contribution in [3.05, 3.63) is 0 Å². The Labute approximate surface area is 103 Å². The Balaban J connectivity index is 4.31. The van der Waals surface area contributed by atoms with Crippen molar-refractivity contribution in [1.29, 1.82) is 0 Å². The van der Waals surface area contributed by atoms with Crippen LogP contribution in [0.5, 0.6) is 0 Å². The van der Waals surface area contributed by atoms with Gasteiger partial charge in [0.15, 0.2) is 0 Å². The number of hydrogen-bond donors (Lipinski definition) is 0. The van der Waals surface area contributed by atoms with Gasteiger partial charge < -0.3 is 0 Å². The van der Waals surface area contributed by atoms with Crippen molar-refractivity contribution in [2.45, 2.75) is 59.7 Å². The molecule has 0 aromatic carbocycles. The number of hydrogen-bond acceptors (Lipinski definition) is 1. The van der Waals surface area contributed by atoms with Crippen molar-refractivity contribution >= 4 is 0 Å². The van der Waals surface area contributed by atoms with Crippen LogP contribution in [-0.4, -0.2) is 30.7 Å². The Morgan fingerprint density at radius 1 is 1.06 bits per heavy atom. The molecule has 4 heteroatoms. The van der Waals surface area contributed by atoms with Crippen molar-refractivity contribution in [3.8, 4) is 0 Å². The summed E-state index contributed by atoms with van der Waals surface area (Å²) in [5.74, 6) is -0.408. The molecule has 0 bridgehead atoms. The Hall–Kier alpha value is -0.250. The first-order chi connectivity index (χ1) is 7.45. The standard InChI is InChI=1S/C13H26F3N/c1-10(2)11(13(14,15)16)17(6)9-7-8-12(3,4)5/h10-11H,7-9H2,1-6H3/t11-/m0/s1. The van der Waals surface area contributed by atoms with Crippen molar-refractivity contribution in [1.82, 2.24) is 4.90 Å². The summed E-state index contributed by atoms with van der Waals surface area (Å²) in [5.41, 5.74) is 0.187. The lowest BCUT2D eigenvalue weighted by Gasteiger charge is -2.33. The highest BCUT2D eigenvalue weighted by Crippen LogP contribution is 2.30. The van der Waals surface area contributed by atoms with Gasteiger partial charge in [-0.2, -0.15) is 13.2 Å². The third kappa shape index (κ3) is 6.92. The van der Waals surface area contributed by atoms with E-state index in [-0.39, 0.29) is 5.41 Å². The summed E-state index contributed by atoms with van der Waals surface area (Å²) in [6.45, 7) is 10.1. The third-order valence-electron chi connectivity index (χ3n) is 2.88. The fourth-order valence-corrected chi connectivity index (χ4v) is 2.13. The second-order valence-corrected chi connectivity index (χ2v) is 6.38. The quantitative estimate of drug-likeness (QED) is 0.705. The lowest BCUT2D eigenvalue weighted by atomic mass is 9.90. The van der Waals surface area contributed by atoms with Crippen LogP contribution in [0.3, 0.4) is 0 Å². The molecule has 0 aliphatic heterocycles. The van der Waals surface area contributed by atoms with E-state index in [1.54, 1.807) is 20.9 Å². The van der Waals surface area contributed by atoms with E-state index in [1.807, 2.05) is 0 Å². The van der Waals surface area contributed by atoms with Crippen LogP contribution in [0.2, 0.25) is 0 Å². The average molecular weight is 253 g/mol. The zero-order valence-corrected chi connectivity index (χ0v) is 11.9. The maximum absolute atomic E-state index is 12.8. The Bertz CT molecular complexity index is 216. The first kappa shape index (κ1) is 16.8. The molecule has 0 aromatic rings. The summed E-state index contributed by atoms with van der Waals surface area (Å²) in [5, 5.41) is 0. The van der Waals surface area contributed by atoms with Crippen LogP contribution < -0.4 is 0 Å². The van der Waals surface area contributed by atoms with Gasteiger partial charge in [0.05, 0.1) is 0 Å². The van der Waals surface area contributed by atoms with Gasteiger partial charge in [0.1, 0.15) is 6.04 Å². The first-order valence-corrected chi connectivity index (χ1v) is 6.22. The number of rotatable bonds is 5. The molecular formula is C13H26F3N. The van der Waals surface area contributed by atoms with Crippen LogP contribution in [0.25, 0.3) is 0 Å². The number of nitrogens with zero attached hydrogens (tertiary/aromatic N) is 1. The average Bonchev–Trinajstić information content (AvgIpc) is 1.96. The van der Waals surface area contributed by atoms with Gasteiger partial charge in [0.2, 0.25) is 0 Å². The van der Waals surface area contributed by atoms with E-state index in [4.69, 9.17) is 0 Å². The van der Waals surface area contributed by atoms with Crippen LogP contribution in [0.4, 0.5) is 13.2 Å². The van der Waals surface area contributed by atoms with E-state index < -0.39 is 18.1 Å². The molecule has 0 saturated carbocycles. The Morgan fingerprint density at radius 2 is 1.53 bits per heavy atom. The molecule has 0 unspecified atom stereocenters. The highest BCUT2D eigenvalue weighted by Gasteiger charge is 2.43. The smallest absolute Gasteiger partial charge is 0.295 e. The van der Waals surface area contributed by atoms with Gasteiger partial charge in [-0.1, -0.05) is 34.6 Å². The molecular weight excluding hydrogens is 227 g/mol. The van der Waals surface area contributed by atoms with Crippen LogP contribution in [-0.2, 0) is 0 Å². The third-order valence-corrected chi connectivity index (χ3v) is 2.88. The Morgan fingerprint density at radius 3 is 1.82 bits per heavy atom. The number of halogens is 3. The molecule has 0 aliphatic rings. The molecule has 0 heterocycles. The van der Waals surface area contributed by atoms with Gasteiger partial charge in [0.25, 0.3) is 0 Å². The van der Waals surface area contributed by atoms with E-state index in [9.17, 15) is 13.2 Å². The lowest BCUT2D eigenvalue weighted by Crippen LogP contribution is -2.47. The zero-order chi connectivity index (χ0) is 13.9. The second kappa shape index (κ2) is 6.07. The predicted molar refractivity (Wildman–Crippen MR) is 66.0 cm³/mol. The van der Waals surface area contributed by atoms with Crippen molar-refractivity contribution in [3.63, 3.8) is 0 Å². The molecule has 1 atom stereocenters. The summed E-state index contributed by atoms with van der Waals surface area (Å²) < 4.78 is 38.5. The topological polar surface area (TPSA) is 3.24 Å². The molecule has 0 amide bonds. The predicted octanol–water partition coefficient (Wildman–Crippen LogP) is 4.33. The SMILES string of the molecule is CC(C)[C@H](N(C)CCCC(C)(C)C)C(F)(F)F. The zero-order valence-electron chi connectivity index (χ0n) is 11.9. The maximum Gasteiger partial charge on any atom is 0.404 e. The van der Waals surface area contributed by atoms with Crippen molar-refractivity contribution in [2.24, 2.45) is 11.3 Å². The van der Waals surface area contributed by atoms with E-state index in [1.165, 1.54) is 4.90 Å². The minimum absolute atomic E-state index is 0.187. The van der Waals surface area contributed by atoms with Gasteiger partial charge in [-0.25, -0.2) is 0 Å². The Kier molecular flexibility index (Phi) is 5.99. The van der Waals surface area contributed by atoms with Gasteiger partial charge >= 0.3 is 6.18 Å². The molecule has 0 N–H and O–H groups in total. The minimum Gasteiger partial charge on any atom is -0.295 e. The summed E-state index contributed by atoms with van der Waals surface area (Å²) in [4.78, 5) is 1.44. The monoisotopic (exact) mass is 253 g/mol. The molecule has 17 heavy (non-hydrogen) atoms. The number of alkyl halides is 3. The molecule has 0 saturated heterocycles. The van der Waals surface area contributed by atoms with Crippen molar-refractivity contribution in [2.75, 3.05) is 13.6 Å². The normalized spacial score (nSPS) is 15.7. The first-order valence-electron chi connectivity index (χ1n) is 6.22. The van der Waals surface area contributed by atoms with Gasteiger partial charge in [-0.15, -0.1) is 0 Å². The second-order valence-electron chi connectivity index (χ2n) is 6.38. The van der Waals surface area contributed by atoms with E-state index in [0.29, 0.717) is 6.54 Å².